The number of rotatable bonds is 5. The molecule has 2 aromatic carbocycles. The maximum atomic E-state index is 12.9. The van der Waals surface area contributed by atoms with Crippen LogP contribution < -0.4 is 4.90 Å². The summed E-state index contributed by atoms with van der Waals surface area (Å²) in [5, 5.41) is 0. The van der Waals surface area contributed by atoms with Crippen molar-refractivity contribution in [1.29, 1.82) is 0 Å². The van der Waals surface area contributed by atoms with Gasteiger partial charge in [0.1, 0.15) is 0 Å². The zero-order valence-corrected chi connectivity index (χ0v) is 16.2. The van der Waals surface area contributed by atoms with E-state index in [0.717, 1.165) is 16.8 Å². The van der Waals surface area contributed by atoms with Crippen molar-refractivity contribution in [1.82, 2.24) is 4.31 Å². The van der Waals surface area contributed by atoms with Gasteiger partial charge >= 0.3 is 0 Å². The van der Waals surface area contributed by atoms with E-state index in [-0.39, 0.29) is 16.8 Å². The molecule has 3 rings (SSSR count). The highest BCUT2D eigenvalue weighted by Crippen LogP contribution is 2.34. The lowest BCUT2D eigenvalue weighted by Gasteiger charge is -2.22. The number of hydrogen-bond acceptors (Lipinski definition) is 3. The molecule has 0 aromatic heterocycles. The molecule has 0 unspecified atom stereocenters. The number of benzene rings is 2. The SMILES string of the molecule is CCC(=O)N1c2ccc(S(=O)(=O)N(C)Cc3ccccc3)cc2C[C@@H]1C. The molecular weight excluding hydrogens is 348 g/mol. The number of sulfonamides is 1. The fraction of sp³-hybridized carbons (Fsp3) is 0.350. The fourth-order valence-electron chi connectivity index (χ4n) is 3.42. The van der Waals surface area contributed by atoms with Crippen molar-refractivity contribution in [3.05, 3.63) is 59.7 Å². The van der Waals surface area contributed by atoms with Gasteiger partial charge in [-0.25, -0.2) is 8.42 Å². The molecule has 1 amide bonds. The van der Waals surface area contributed by atoms with E-state index in [1.807, 2.05) is 44.2 Å². The van der Waals surface area contributed by atoms with E-state index in [2.05, 4.69) is 0 Å². The van der Waals surface area contributed by atoms with Crippen molar-refractivity contribution < 1.29 is 13.2 Å². The first-order chi connectivity index (χ1) is 12.3. The van der Waals surface area contributed by atoms with Crippen LogP contribution in [0.2, 0.25) is 0 Å². The molecule has 0 N–H and O–H groups in total. The Kier molecular flexibility index (Phi) is 5.16. The largest absolute Gasteiger partial charge is 0.309 e. The number of anilines is 1. The lowest BCUT2D eigenvalue weighted by atomic mass is 10.1. The predicted molar refractivity (Wildman–Crippen MR) is 102 cm³/mol. The zero-order valence-electron chi connectivity index (χ0n) is 15.3. The average Bonchev–Trinajstić information content (AvgIpc) is 2.96. The Balaban J connectivity index is 1.88. The minimum atomic E-state index is -3.59. The van der Waals surface area contributed by atoms with Crippen LogP contribution in [0.25, 0.3) is 0 Å². The van der Waals surface area contributed by atoms with Crippen LogP contribution in [0.1, 0.15) is 31.4 Å². The van der Waals surface area contributed by atoms with E-state index < -0.39 is 10.0 Å². The number of hydrogen-bond donors (Lipinski definition) is 0. The summed E-state index contributed by atoms with van der Waals surface area (Å²) in [6.45, 7) is 4.14. The summed E-state index contributed by atoms with van der Waals surface area (Å²) >= 11 is 0. The third-order valence-corrected chi connectivity index (χ3v) is 6.59. The van der Waals surface area contributed by atoms with E-state index in [4.69, 9.17) is 0 Å². The van der Waals surface area contributed by atoms with E-state index in [1.54, 1.807) is 30.1 Å². The predicted octanol–water partition coefficient (Wildman–Crippen LogP) is 3.19. The quantitative estimate of drug-likeness (QED) is 0.810. The van der Waals surface area contributed by atoms with E-state index >= 15 is 0 Å². The topological polar surface area (TPSA) is 57.7 Å². The highest BCUT2D eigenvalue weighted by Gasteiger charge is 2.31. The maximum absolute atomic E-state index is 12.9. The normalized spacial score (nSPS) is 16.8. The lowest BCUT2D eigenvalue weighted by Crippen LogP contribution is -2.35. The van der Waals surface area contributed by atoms with Crippen molar-refractivity contribution in [2.24, 2.45) is 0 Å². The van der Waals surface area contributed by atoms with E-state index in [1.165, 1.54) is 4.31 Å². The molecule has 0 bridgehead atoms. The van der Waals surface area contributed by atoms with Crippen molar-refractivity contribution in [3.8, 4) is 0 Å². The van der Waals surface area contributed by atoms with Crippen molar-refractivity contribution in [2.45, 2.75) is 44.2 Å². The van der Waals surface area contributed by atoms with Gasteiger partial charge in [0.15, 0.2) is 0 Å². The van der Waals surface area contributed by atoms with Crippen LogP contribution >= 0.6 is 0 Å². The standard InChI is InChI=1S/C20H24N2O3S/c1-4-20(23)22-15(2)12-17-13-18(10-11-19(17)22)26(24,25)21(3)14-16-8-6-5-7-9-16/h5-11,13,15H,4,12,14H2,1-3H3/t15-/m0/s1. The van der Waals surface area contributed by atoms with Crippen LogP contribution in [-0.2, 0) is 27.8 Å². The Morgan fingerprint density at radius 1 is 1.19 bits per heavy atom. The smallest absolute Gasteiger partial charge is 0.243 e. The second-order valence-electron chi connectivity index (χ2n) is 6.71. The first kappa shape index (κ1) is 18.6. The van der Waals surface area contributed by atoms with Crippen molar-refractivity contribution in [3.63, 3.8) is 0 Å². The van der Waals surface area contributed by atoms with Gasteiger partial charge in [-0.15, -0.1) is 0 Å². The van der Waals surface area contributed by atoms with Gasteiger partial charge in [-0.05, 0) is 42.7 Å². The molecule has 0 fully saturated rings. The molecule has 26 heavy (non-hydrogen) atoms. The lowest BCUT2D eigenvalue weighted by molar-refractivity contribution is -0.118. The number of fused-ring (bicyclic) bond motifs is 1. The van der Waals surface area contributed by atoms with E-state index in [0.29, 0.717) is 19.4 Å². The van der Waals surface area contributed by atoms with Crippen LogP contribution in [0, 0.1) is 0 Å². The Morgan fingerprint density at radius 3 is 2.54 bits per heavy atom. The van der Waals surface area contributed by atoms with Gasteiger partial charge in [0, 0.05) is 31.7 Å². The molecular formula is C20H24N2O3S. The molecule has 5 nitrogen and oxygen atoms in total. The van der Waals surface area contributed by atoms with Gasteiger partial charge in [-0.3, -0.25) is 4.79 Å². The summed E-state index contributed by atoms with van der Waals surface area (Å²) in [5.41, 5.74) is 2.68. The van der Waals surface area contributed by atoms with Gasteiger partial charge in [-0.1, -0.05) is 37.3 Å². The second-order valence-corrected chi connectivity index (χ2v) is 8.75. The molecule has 0 aliphatic carbocycles. The first-order valence-electron chi connectivity index (χ1n) is 8.80. The summed E-state index contributed by atoms with van der Waals surface area (Å²) < 4.78 is 27.2. The zero-order chi connectivity index (χ0) is 18.9. The van der Waals surface area contributed by atoms with Crippen LogP contribution in [-0.4, -0.2) is 31.7 Å². The molecule has 1 heterocycles. The van der Waals surface area contributed by atoms with Gasteiger partial charge in [-0.2, -0.15) is 4.31 Å². The molecule has 1 atom stereocenters. The van der Waals surface area contributed by atoms with Crippen molar-refractivity contribution >= 4 is 21.6 Å². The maximum Gasteiger partial charge on any atom is 0.243 e. The molecule has 2 aromatic rings. The third kappa shape index (κ3) is 3.39. The van der Waals surface area contributed by atoms with Crippen LogP contribution in [0.15, 0.2) is 53.4 Å². The molecule has 0 saturated carbocycles. The Bertz CT molecular complexity index is 910. The highest BCUT2D eigenvalue weighted by atomic mass is 32.2. The number of amides is 1. The highest BCUT2D eigenvalue weighted by molar-refractivity contribution is 7.89. The summed E-state index contributed by atoms with van der Waals surface area (Å²) in [6.07, 6.45) is 1.11. The van der Waals surface area contributed by atoms with Gasteiger partial charge in [0.25, 0.3) is 0 Å². The number of carbonyl (C=O) groups is 1. The molecule has 1 aliphatic rings. The number of carbonyl (C=O) groups excluding carboxylic acids is 1. The Labute approximate surface area is 155 Å². The fourth-order valence-corrected chi connectivity index (χ4v) is 4.63. The number of nitrogens with zero attached hydrogens (tertiary/aromatic N) is 2. The molecule has 0 radical (unpaired) electrons. The summed E-state index contributed by atoms with van der Waals surface area (Å²) in [7, 11) is -2.00. The van der Waals surface area contributed by atoms with Crippen LogP contribution in [0.5, 0.6) is 0 Å². The van der Waals surface area contributed by atoms with Crippen molar-refractivity contribution in [2.75, 3.05) is 11.9 Å². The van der Waals surface area contributed by atoms with Gasteiger partial charge in [0.05, 0.1) is 4.90 Å². The third-order valence-electron chi connectivity index (χ3n) is 4.79. The van der Waals surface area contributed by atoms with Gasteiger partial charge < -0.3 is 4.90 Å². The Hall–Kier alpha value is -2.18. The summed E-state index contributed by atoms with van der Waals surface area (Å²) in [5.74, 6) is 0.0630. The molecule has 0 spiro atoms. The van der Waals surface area contributed by atoms with Crippen LogP contribution in [0.3, 0.4) is 0 Å². The molecule has 6 heteroatoms. The summed E-state index contributed by atoms with van der Waals surface area (Å²) in [6, 6.07) is 14.6. The summed E-state index contributed by atoms with van der Waals surface area (Å²) in [4.78, 5) is 14.2. The first-order valence-corrected chi connectivity index (χ1v) is 10.2. The van der Waals surface area contributed by atoms with E-state index in [9.17, 15) is 13.2 Å². The van der Waals surface area contributed by atoms with Gasteiger partial charge in [0.2, 0.25) is 15.9 Å². The van der Waals surface area contributed by atoms with Crippen LogP contribution in [0.4, 0.5) is 5.69 Å². The average molecular weight is 372 g/mol. The monoisotopic (exact) mass is 372 g/mol. The molecule has 138 valence electrons. The minimum absolute atomic E-state index is 0.0532. The Morgan fingerprint density at radius 2 is 1.88 bits per heavy atom. The molecule has 0 saturated heterocycles. The minimum Gasteiger partial charge on any atom is -0.309 e. The molecule has 1 aliphatic heterocycles. The second kappa shape index (κ2) is 7.21.